The molecule has 3 aromatic rings. The summed E-state index contributed by atoms with van der Waals surface area (Å²) < 4.78 is 21.0. The molecular weight excluding hydrogens is 401 g/mol. The fraction of sp³-hybridized carbons (Fsp3) is 0.136. The fourth-order valence-corrected chi connectivity index (χ4v) is 3.17. The van der Waals surface area contributed by atoms with Gasteiger partial charge in [-0.2, -0.15) is 5.10 Å². The van der Waals surface area contributed by atoms with Crippen LogP contribution in [0.15, 0.2) is 70.6 Å². The fourth-order valence-electron chi connectivity index (χ4n) is 3.17. The molecule has 0 unspecified atom stereocenters. The molecule has 1 aromatic heterocycles. The molecule has 0 bridgehead atoms. The summed E-state index contributed by atoms with van der Waals surface area (Å²) in [6.45, 7) is 0.602. The molecule has 2 aromatic carbocycles. The van der Waals surface area contributed by atoms with Gasteiger partial charge in [0, 0.05) is 24.9 Å². The van der Waals surface area contributed by atoms with Crippen molar-refractivity contribution in [1.82, 2.24) is 9.78 Å². The third-order valence-corrected chi connectivity index (χ3v) is 4.65. The minimum Gasteiger partial charge on any atom is -0.447 e. The summed E-state index contributed by atoms with van der Waals surface area (Å²) in [6.07, 6.45) is 2.06. The number of carbonyl (C=O) groups excluding carboxylic acids is 1. The lowest BCUT2D eigenvalue weighted by Crippen LogP contribution is -2.24. The molecule has 8 nitrogen and oxygen atoms in total. The number of para-hydroxylation sites is 1. The molecule has 0 spiro atoms. The average molecular weight is 419 g/mol. The van der Waals surface area contributed by atoms with Crippen LogP contribution < -0.4 is 10.3 Å². The summed E-state index contributed by atoms with van der Waals surface area (Å²) in [7, 11) is 0. The maximum absolute atomic E-state index is 14.9. The van der Waals surface area contributed by atoms with Crippen LogP contribution >= 0.6 is 0 Å². The van der Waals surface area contributed by atoms with Crippen LogP contribution in [0.5, 0.6) is 0 Å². The van der Waals surface area contributed by atoms with Crippen LogP contribution in [0.1, 0.15) is 12.1 Å². The van der Waals surface area contributed by atoms with Crippen LogP contribution in [0.3, 0.4) is 0 Å². The number of carbonyl (C=O) groups is 1. The molecule has 1 amide bonds. The normalized spacial score (nSPS) is 13.9. The van der Waals surface area contributed by atoms with E-state index in [1.807, 2.05) is 18.2 Å². The summed E-state index contributed by atoms with van der Waals surface area (Å²) in [5.74, 6) is -0.618. The molecule has 4 rings (SSSR count). The number of cyclic esters (lactones) is 1. The number of hydrogen-bond acceptors (Lipinski definition) is 6. The monoisotopic (exact) mass is 419 g/mol. The highest BCUT2D eigenvalue weighted by Gasteiger charge is 2.24. The lowest BCUT2D eigenvalue weighted by atomic mass is 10.2. The van der Waals surface area contributed by atoms with E-state index in [-0.39, 0.29) is 29.8 Å². The molecule has 0 saturated carbocycles. The van der Waals surface area contributed by atoms with Crippen LogP contribution in [0.2, 0.25) is 0 Å². The molecule has 0 radical (unpaired) electrons. The summed E-state index contributed by atoms with van der Waals surface area (Å²) in [6, 6.07) is 14.6. The Bertz CT molecular complexity index is 1220. The second-order valence-corrected chi connectivity index (χ2v) is 6.68. The zero-order valence-corrected chi connectivity index (χ0v) is 16.4. The molecule has 0 atom stereocenters. The van der Waals surface area contributed by atoms with Crippen molar-refractivity contribution in [2.75, 3.05) is 18.1 Å². The third-order valence-electron chi connectivity index (χ3n) is 4.65. The van der Waals surface area contributed by atoms with Gasteiger partial charge in [-0.15, -0.1) is 0 Å². The molecule has 0 aliphatic carbocycles. The van der Waals surface area contributed by atoms with Crippen molar-refractivity contribution in [2.24, 2.45) is 4.99 Å². The van der Waals surface area contributed by atoms with Gasteiger partial charge in [0.15, 0.2) is 11.5 Å². The van der Waals surface area contributed by atoms with Gasteiger partial charge in [-0.3, -0.25) is 14.7 Å². The lowest BCUT2D eigenvalue weighted by Gasteiger charge is -2.15. The van der Waals surface area contributed by atoms with E-state index in [1.54, 1.807) is 18.2 Å². The highest BCUT2D eigenvalue weighted by atomic mass is 19.1. The number of anilines is 1. The number of aromatic nitrogens is 2. The van der Waals surface area contributed by atoms with Crippen LogP contribution in [-0.2, 0) is 4.74 Å². The van der Waals surface area contributed by atoms with E-state index < -0.39 is 11.9 Å². The molecular formula is C22H18FN5O3. The third kappa shape index (κ3) is 4.25. The number of rotatable bonds is 6. The average Bonchev–Trinajstić information content (AvgIpc) is 3.20. The predicted octanol–water partition coefficient (Wildman–Crippen LogP) is 3.49. The maximum Gasteiger partial charge on any atom is 0.414 e. The molecule has 1 N–H and O–H groups in total. The van der Waals surface area contributed by atoms with Crippen molar-refractivity contribution >= 4 is 29.4 Å². The Hall–Kier alpha value is -4.14. The summed E-state index contributed by atoms with van der Waals surface area (Å²) >= 11 is 0. The molecule has 1 aliphatic rings. The first-order valence-electron chi connectivity index (χ1n) is 9.53. The second-order valence-electron chi connectivity index (χ2n) is 6.68. The highest BCUT2D eigenvalue weighted by Crippen LogP contribution is 2.23. The van der Waals surface area contributed by atoms with Gasteiger partial charge >= 0.3 is 6.09 Å². The largest absolute Gasteiger partial charge is 0.447 e. The lowest BCUT2D eigenvalue weighted by molar-refractivity contribution is 0.181. The van der Waals surface area contributed by atoms with Crippen LogP contribution in [0.25, 0.3) is 5.69 Å². The summed E-state index contributed by atoms with van der Waals surface area (Å²) in [5.41, 5.74) is 1.04. The maximum atomic E-state index is 14.9. The minimum atomic E-state index is -0.618. The zero-order valence-electron chi connectivity index (χ0n) is 16.4. The van der Waals surface area contributed by atoms with E-state index >= 15 is 0 Å². The van der Waals surface area contributed by atoms with Crippen LogP contribution in [-0.4, -0.2) is 41.0 Å². The smallest absolute Gasteiger partial charge is 0.414 e. The van der Waals surface area contributed by atoms with Crippen molar-refractivity contribution in [1.29, 1.82) is 5.41 Å². The highest BCUT2D eigenvalue weighted by molar-refractivity contribution is 6.06. The van der Waals surface area contributed by atoms with E-state index in [2.05, 4.69) is 10.1 Å². The summed E-state index contributed by atoms with van der Waals surface area (Å²) in [5, 5.41) is 11.7. The van der Waals surface area contributed by atoms with Crippen LogP contribution in [0.4, 0.5) is 20.6 Å². The predicted molar refractivity (Wildman–Crippen MR) is 115 cm³/mol. The van der Waals surface area contributed by atoms with Gasteiger partial charge in [0.1, 0.15) is 12.3 Å². The van der Waals surface area contributed by atoms with E-state index in [4.69, 9.17) is 10.1 Å². The quantitative estimate of drug-likeness (QED) is 0.618. The molecule has 1 aliphatic heterocycles. The number of aliphatic imine (C=N–C) groups is 1. The van der Waals surface area contributed by atoms with Crippen molar-refractivity contribution < 1.29 is 13.9 Å². The number of amides is 1. The first-order chi connectivity index (χ1) is 15.1. The molecule has 1 saturated heterocycles. The molecule has 1 fully saturated rings. The number of hydrogen-bond donors (Lipinski definition) is 1. The van der Waals surface area contributed by atoms with Gasteiger partial charge in [-0.05, 0) is 30.3 Å². The van der Waals surface area contributed by atoms with Crippen molar-refractivity contribution in [3.63, 3.8) is 0 Å². The SMILES string of the molecule is N=CCC(=Nc1ccccc1)c1nn(-c2ccc(N3CCOC3=O)cc2F)ccc1=O. The number of halogens is 1. The number of benzene rings is 2. The van der Waals surface area contributed by atoms with Gasteiger partial charge in [-0.25, -0.2) is 13.9 Å². The van der Waals surface area contributed by atoms with Gasteiger partial charge in [-0.1, -0.05) is 18.2 Å². The Labute approximate surface area is 176 Å². The van der Waals surface area contributed by atoms with Crippen molar-refractivity contribution in [3.8, 4) is 5.69 Å². The van der Waals surface area contributed by atoms with E-state index in [9.17, 15) is 14.0 Å². The Morgan fingerprint density at radius 1 is 1.19 bits per heavy atom. The molecule has 156 valence electrons. The van der Waals surface area contributed by atoms with E-state index in [0.29, 0.717) is 23.6 Å². The number of ether oxygens (including phenoxy) is 1. The second kappa shape index (κ2) is 8.70. The summed E-state index contributed by atoms with van der Waals surface area (Å²) in [4.78, 5) is 30.0. The minimum absolute atomic E-state index is 0.0291. The van der Waals surface area contributed by atoms with E-state index in [1.165, 1.54) is 34.0 Å². The molecule has 31 heavy (non-hydrogen) atoms. The Kier molecular flexibility index (Phi) is 5.65. The first kappa shape index (κ1) is 20.1. The van der Waals surface area contributed by atoms with Gasteiger partial charge < -0.3 is 10.1 Å². The topological polar surface area (TPSA) is 101 Å². The Morgan fingerprint density at radius 3 is 2.68 bits per heavy atom. The zero-order chi connectivity index (χ0) is 21.8. The van der Waals surface area contributed by atoms with Gasteiger partial charge in [0.2, 0.25) is 5.43 Å². The molecule has 9 heteroatoms. The van der Waals surface area contributed by atoms with Crippen molar-refractivity contribution in [3.05, 3.63) is 82.5 Å². The first-order valence-corrected chi connectivity index (χ1v) is 9.53. The molecule has 2 heterocycles. The number of nitrogens with one attached hydrogen (secondary N) is 1. The van der Waals surface area contributed by atoms with Crippen molar-refractivity contribution in [2.45, 2.75) is 6.42 Å². The Morgan fingerprint density at radius 2 is 2.00 bits per heavy atom. The van der Waals surface area contributed by atoms with Crippen LogP contribution in [0, 0.1) is 11.2 Å². The van der Waals surface area contributed by atoms with Gasteiger partial charge in [0.25, 0.3) is 0 Å². The van der Waals surface area contributed by atoms with Gasteiger partial charge in [0.05, 0.1) is 23.6 Å². The Balaban J connectivity index is 1.73. The van der Waals surface area contributed by atoms with E-state index in [0.717, 1.165) is 6.21 Å². The standard InChI is InChI=1S/C22H18FN5O3/c23-17-14-16(27-12-13-31-22(27)30)6-7-19(17)28-11-9-20(29)21(26-28)18(8-10-24)25-15-4-2-1-3-5-15/h1-7,9-11,14,24H,8,12-13H2. The number of nitrogens with zero attached hydrogens (tertiary/aromatic N) is 4.